The lowest BCUT2D eigenvalue weighted by atomic mass is 10.1. The summed E-state index contributed by atoms with van der Waals surface area (Å²) in [6.45, 7) is 1.71. The van der Waals surface area contributed by atoms with E-state index in [1.165, 1.54) is 12.1 Å². The van der Waals surface area contributed by atoms with Crippen molar-refractivity contribution >= 4 is 21.6 Å². The molecule has 2 aromatic rings. The Morgan fingerprint density at radius 1 is 1.38 bits per heavy atom. The normalized spacial score (nSPS) is 10.0. The Kier molecular flexibility index (Phi) is 4.19. The van der Waals surface area contributed by atoms with Gasteiger partial charge >= 0.3 is 5.69 Å². The summed E-state index contributed by atoms with van der Waals surface area (Å²) in [5, 5.41) is 19.8. The van der Waals surface area contributed by atoms with Crippen molar-refractivity contribution in [2.75, 3.05) is 0 Å². The van der Waals surface area contributed by atoms with Crippen molar-refractivity contribution < 1.29 is 14.1 Å². The number of hydrogen-bond donors (Lipinski definition) is 0. The van der Waals surface area contributed by atoms with Crippen LogP contribution in [0.3, 0.4) is 0 Å². The van der Waals surface area contributed by atoms with Crippen molar-refractivity contribution in [3.63, 3.8) is 0 Å². The van der Waals surface area contributed by atoms with Crippen LogP contribution in [0.2, 0.25) is 0 Å². The van der Waals surface area contributed by atoms with E-state index in [0.717, 1.165) is 12.1 Å². The number of nitriles is 1. The Bertz CT molecular complexity index is 772. The highest BCUT2D eigenvalue weighted by atomic mass is 79.9. The van der Waals surface area contributed by atoms with E-state index >= 15 is 0 Å². The average molecular weight is 351 g/mol. The molecule has 0 aliphatic heterocycles. The van der Waals surface area contributed by atoms with Crippen LogP contribution in [0, 0.1) is 34.2 Å². The highest BCUT2D eigenvalue weighted by Crippen LogP contribution is 2.35. The Hall–Kier alpha value is -2.46. The number of rotatable bonds is 3. The van der Waals surface area contributed by atoms with Crippen molar-refractivity contribution in [3.05, 3.63) is 61.9 Å². The van der Waals surface area contributed by atoms with E-state index in [1.54, 1.807) is 13.0 Å². The molecule has 0 heterocycles. The maximum absolute atomic E-state index is 13.5. The minimum absolute atomic E-state index is 0.0161. The first-order chi connectivity index (χ1) is 9.92. The maximum Gasteiger partial charge on any atom is 0.312 e. The highest BCUT2D eigenvalue weighted by Gasteiger charge is 2.19. The summed E-state index contributed by atoms with van der Waals surface area (Å²) in [7, 11) is 0. The summed E-state index contributed by atoms with van der Waals surface area (Å²) in [4.78, 5) is 10.3. The third-order valence-corrected chi connectivity index (χ3v) is 3.35. The monoisotopic (exact) mass is 350 g/mol. The molecule has 106 valence electrons. The van der Waals surface area contributed by atoms with Crippen molar-refractivity contribution in [1.29, 1.82) is 5.26 Å². The molecule has 0 fully saturated rings. The van der Waals surface area contributed by atoms with Crippen LogP contribution in [0.15, 0.2) is 34.8 Å². The summed E-state index contributed by atoms with van der Waals surface area (Å²) >= 11 is 2.89. The molecule has 0 unspecified atom stereocenters. The molecule has 0 aliphatic rings. The Morgan fingerprint density at radius 2 is 2.10 bits per heavy atom. The fourth-order valence-corrected chi connectivity index (χ4v) is 2.03. The zero-order valence-corrected chi connectivity index (χ0v) is 12.3. The first-order valence-corrected chi connectivity index (χ1v) is 6.53. The van der Waals surface area contributed by atoms with Gasteiger partial charge in [-0.15, -0.1) is 0 Å². The Labute approximate surface area is 127 Å². The third kappa shape index (κ3) is 3.17. The number of nitro benzene ring substituents is 1. The molecule has 2 rings (SSSR count). The van der Waals surface area contributed by atoms with Crippen LogP contribution in [-0.4, -0.2) is 4.92 Å². The lowest BCUT2D eigenvalue weighted by Gasteiger charge is -2.08. The molecular weight excluding hydrogens is 343 g/mol. The minimum Gasteiger partial charge on any atom is -0.450 e. The number of aryl methyl sites for hydroxylation is 1. The van der Waals surface area contributed by atoms with Crippen LogP contribution < -0.4 is 4.74 Å². The fourth-order valence-electron chi connectivity index (χ4n) is 1.69. The summed E-state index contributed by atoms with van der Waals surface area (Å²) in [5.41, 5.74) is 0.777. The largest absolute Gasteiger partial charge is 0.450 e. The molecular formula is C14H8BrFN2O3. The van der Waals surface area contributed by atoms with Crippen LogP contribution in [0.25, 0.3) is 0 Å². The molecule has 0 saturated heterocycles. The second-order valence-electron chi connectivity index (χ2n) is 4.18. The second kappa shape index (κ2) is 5.89. The predicted octanol–water partition coefficient (Wildman–Crippen LogP) is 4.47. The van der Waals surface area contributed by atoms with Gasteiger partial charge in [-0.25, -0.2) is 4.39 Å². The van der Waals surface area contributed by atoms with Gasteiger partial charge in [0.2, 0.25) is 5.75 Å². The van der Waals surface area contributed by atoms with Gasteiger partial charge in [0.1, 0.15) is 11.6 Å². The van der Waals surface area contributed by atoms with Gasteiger partial charge < -0.3 is 4.74 Å². The molecule has 7 heteroatoms. The smallest absolute Gasteiger partial charge is 0.312 e. The maximum atomic E-state index is 13.5. The molecule has 0 aliphatic carbocycles. The molecule has 0 N–H and O–H groups in total. The number of nitro groups is 1. The molecule has 21 heavy (non-hydrogen) atoms. The van der Waals surface area contributed by atoms with E-state index in [4.69, 9.17) is 10.00 Å². The van der Waals surface area contributed by atoms with E-state index in [2.05, 4.69) is 15.9 Å². The van der Waals surface area contributed by atoms with Gasteiger partial charge in [0, 0.05) is 12.1 Å². The molecule has 5 nitrogen and oxygen atoms in total. The Balaban J connectivity index is 2.44. The molecule has 0 radical (unpaired) electrons. The van der Waals surface area contributed by atoms with Crippen LogP contribution in [-0.2, 0) is 0 Å². The number of nitrogens with zero attached hydrogens (tertiary/aromatic N) is 2. The van der Waals surface area contributed by atoms with Crippen molar-refractivity contribution in [2.45, 2.75) is 6.92 Å². The molecule has 0 spiro atoms. The molecule has 0 amide bonds. The van der Waals surface area contributed by atoms with E-state index in [9.17, 15) is 14.5 Å². The summed E-state index contributed by atoms with van der Waals surface area (Å²) in [6, 6.07) is 8.57. The fraction of sp³-hybridized carbons (Fsp3) is 0.0714. The average Bonchev–Trinajstić information content (AvgIpc) is 2.42. The van der Waals surface area contributed by atoms with Crippen LogP contribution >= 0.6 is 15.9 Å². The summed E-state index contributed by atoms with van der Waals surface area (Å²) in [6.07, 6.45) is 0. The van der Waals surface area contributed by atoms with Crippen molar-refractivity contribution in [3.8, 4) is 17.6 Å². The van der Waals surface area contributed by atoms with Gasteiger partial charge in [-0.05, 0) is 46.6 Å². The zero-order valence-electron chi connectivity index (χ0n) is 10.8. The third-order valence-electron chi connectivity index (χ3n) is 2.74. The first-order valence-electron chi connectivity index (χ1n) is 5.74. The van der Waals surface area contributed by atoms with Gasteiger partial charge in [-0.2, -0.15) is 5.26 Å². The van der Waals surface area contributed by atoms with Gasteiger partial charge in [0.15, 0.2) is 0 Å². The molecule has 0 aromatic heterocycles. The molecule has 0 saturated carbocycles. The van der Waals surface area contributed by atoms with Crippen molar-refractivity contribution in [1.82, 2.24) is 0 Å². The Morgan fingerprint density at radius 3 is 2.67 bits per heavy atom. The van der Waals surface area contributed by atoms with Crippen LogP contribution in [0.1, 0.15) is 11.1 Å². The number of benzene rings is 2. The lowest BCUT2D eigenvalue weighted by Crippen LogP contribution is -1.96. The van der Waals surface area contributed by atoms with Crippen LogP contribution in [0.5, 0.6) is 11.5 Å². The standard InChI is InChI=1S/C14H8BrFN2O3/c1-8-4-10(3-2-9(8)7-17)21-14-6-12(16)11(15)5-13(14)18(19)20/h2-6H,1H3. The summed E-state index contributed by atoms with van der Waals surface area (Å²) in [5.74, 6) is -0.581. The van der Waals surface area contributed by atoms with Gasteiger partial charge in [0.25, 0.3) is 0 Å². The van der Waals surface area contributed by atoms with Gasteiger partial charge in [-0.1, -0.05) is 0 Å². The number of halogens is 2. The second-order valence-corrected chi connectivity index (χ2v) is 5.04. The number of hydrogen-bond acceptors (Lipinski definition) is 4. The summed E-state index contributed by atoms with van der Waals surface area (Å²) < 4.78 is 18.9. The zero-order chi connectivity index (χ0) is 15.6. The lowest BCUT2D eigenvalue weighted by molar-refractivity contribution is -0.385. The predicted molar refractivity (Wildman–Crippen MR) is 76.7 cm³/mol. The minimum atomic E-state index is -0.666. The molecule has 0 bridgehead atoms. The molecule has 0 atom stereocenters. The van der Waals surface area contributed by atoms with Crippen LogP contribution in [0.4, 0.5) is 10.1 Å². The highest BCUT2D eigenvalue weighted by molar-refractivity contribution is 9.10. The topological polar surface area (TPSA) is 76.2 Å². The molecule has 2 aromatic carbocycles. The SMILES string of the molecule is Cc1cc(Oc2cc(F)c(Br)cc2[N+](=O)[O-])ccc1C#N. The van der Waals surface area contributed by atoms with E-state index in [0.29, 0.717) is 11.1 Å². The van der Waals surface area contributed by atoms with E-state index in [1.807, 2.05) is 6.07 Å². The van der Waals surface area contributed by atoms with Gasteiger partial charge in [-0.3, -0.25) is 10.1 Å². The van der Waals surface area contributed by atoms with E-state index in [-0.39, 0.29) is 21.7 Å². The van der Waals surface area contributed by atoms with Gasteiger partial charge in [0.05, 0.1) is 21.0 Å². The number of ether oxygens (including phenoxy) is 1. The quantitative estimate of drug-likeness (QED) is 0.604. The van der Waals surface area contributed by atoms with Crippen molar-refractivity contribution in [2.24, 2.45) is 0 Å². The van der Waals surface area contributed by atoms with E-state index < -0.39 is 10.7 Å². The first kappa shape index (κ1) is 14.9.